The predicted octanol–water partition coefficient (Wildman–Crippen LogP) is 2.12. The second-order valence-electron chi connectivity index (χ2n) is 4.20. The van der Waals surface area contributed by atoms with Gasteiger partial charge in [0.2, 0.25) is 5.95 Å². The standard InChI is InChI=1S/C12H18FN3/c13-12-10-11(4-6-15-12)14-5-3-9-16-7-1-2-8-16/h4,6,10H,1-3,5,7-9H2,(H,14,15). The van der Waals surface area contributed by atoms with E-state index < -0.39 is 5.95 Å². The number of nitrogens with zero attached hydrogens (tertiary/aromatic N) is 2. The van der Waals surface area contributed by atoms with E-state index in [2.05, 4.69) is 15.2 Å². The van der Waals surface area contributed by atoms with E-state index in [4.69, 9.17) is 0 Å². The highest BCUT2D eigenvalue weighted by atomic mass is 19.1. The molecule has 1 aliphatic rings. The van der Waals surface area contributed by atoms with Crippen LogP contribution in [0.3, 0.4) is 0 Å². The Morgan fingerprint density at radius 2 is 2.19 bits per heavy atom. The van der Waals surface area contributed by atoms with Gasteiger partial charge in [-0.1, -0.05) is 0 Å². The van der Waals surface area contributed by atoms with Crippen LogP contribution in [0.1, 0.15) is 19.3 Å². The summed E-state index contributed by atoms with van der Waals surface area (Å²) in [7, 11) is 0. The number of nitrogens with one attached hydrogen (secondary N) is 1. The highest BCUT2D eigenvalue weighted by Gasteiger charge is 2.09. The van der Waals surface area contributed by atoms with Crippen molar-refractivity contribution in [3.8, 4) is 0 Å². The van der Waals surface area contributed by atoms with Crippen LogP contribution in [0, 0.1) is 5.95 Å². The Labute approximate surface area is 95.7 Å². The van der Waals surface area contributed by atoms with Gasteiger partial charge in [-0.15, -0.1) is 0 Å². The van der Waals surface area contributed by atoms with E-state index >= 15 is 0 Å². The maximum Gasteiger partial charge on any atom is 0.214 e. The van der Waals surface area contributed by atoms with Crippen molar-refractivity contribution in [2.24, 2.45) is 0 Å². The zero-order valence-electron chi connectivity index (χ0n) is 9.45. The Morgan fingerprint density at radius 1 is 1.38 bits per heavy atom. The highest BCUT2D eigenvalue weighted by Crippen LogP contribution is 2.09. The summed E-state index contributed by atoms with van der Waals surface area (Å²) in [5.74, 6) is -0.426. The second kappa shape index (κ2) is 5.80. The van der Waals surface area contributed by atoms with Gasteiger partial charge in [-0.2, -0.15) is 4.39 Å². The molecule has 0 aliphatic carbocycles. The molecule has 88 valence electrons. The smallest absolute Gasteiger partial charge is 0.214 e. The van der Waals surface area contributed by atoms with E-state index in [0.29, 0.717) is 0 Å². The lowest BCUT2D eigenvalue weighted by Crippen LogP contribution is -2.22. The first-order chi connectivity index (χ1) is 7.84. The first-order valence-corrected chi connectivity index (χ1v) is 5.92. The third-order valence-electron chi connectivity index (χ3n) is 2.91. The molecule has 2 heterocycles. The van der Waals surface area contributed by atoms with Crippen LogP contribution in [-0.4, -0.2) is 36.1 Å². The van der Waals surface area contributed by atoms with Crippen LogP contribution < -0.4 is 5.32 Å². The lowest BCUT2D eigenvalue weighted by atomic mass is 10.3. The minimum atomic E-state index is -0.426. The molecule has 0 unspecified atom stereocenters. The monoisotopic (exact) mass is 223 g/mol. The predicted molar refractivity (Wildman–Crippen MR) is 63.0 cm³/mol. The van der Waals surface area contributed by atoms with Gasteiger partial charge in [0.15, 0.2) is 0 Å². The van der Waals surface area contributed by atoms with E-state index in [1.165, 1.54) is 38.2 Å². The van der Waals surface area contributed by atoms with Crippen LogP contribution in [0.2, 0.25) is 0 Å². The Balaban J connectivity index is 1.64. The molecule has 1 aliphatic heterocycles. The van der Waals surface area contributed by atoms with Crippen molar-refractivity contribution in [2.75, 3.05) is 31.5 Å². The zero-order valence-corrected chi connectivity index (χ0v) is 9.45. The highest BCUT2D eigenvalue weighted by molar-refractivity contribution is 5.40. The maximum absolute atomic E-state index is 12.8. The third-order valence-corrected chi connectivity index (χ3v) is 2.91. The molecule has 0 amide bonds. The molecular formula is C12H18FN3. The first-order valence-electron chi connectivity index (χ1n) is 5.92. The number of aromatic nitrogens is 1. The molecule has 1 saturated heterocycles. The molecule has 1 N–H and O–H groups in total. The van der Waals surface area contributed by atoms with E-state index in [0.717, 1.165) is 25.2 Å². The van der Waals surface area contributed by atoms with Gasteiger partial charge in [-0.3, -0.25) is 0 Å². The quantitative estimate of drug-likeness (QED) is 0.612. The normalized spacial score (nSPS) is 16.6. The fourth-order valence-corrected chi connectivity index (χ4v) is 2.05. The number of rotatable bonds is 5. The molecule has 2 rings (SSSR count). The molecule has 4 heteroatoms. The first kappa shape index (κ1) is 11.3. The number of hydrogen-bond acceptors (Lipinski definition) is 3. The van der Waals surface area contributed by atoms with Crippen LogP contribution in [0.25, 0.3) is 0 Å². The fraction of sp³-hybridized carbons (Fsp3) is 0.583. The summed E-state index contributed by atoms with van der Waals surface area (Å²) < 4.78 is 12.8. The SMILES string of the molecule is Fc1cc(NCCCN2CCCC2)ccn1. The van der Waals surface area contributed by atoms with Crippen molar-refractivity contribution in [3.63, 3.8) is 0 Å². The molecule has 1 aromatic rings. The van der Waals surface area contributed by atoms with Crippen LogP contribution in [0.5, 0.6) is 0 Å². The fourth-order valence-electron chi connectivity index (χ4n) is 2.05. The number of halogens is 1. The summed E-state index contributed by atoms with van der Waals surface area (Å²) in [4.78, 5) is 6.00. The number of pyridine rings is 1. The molecule has 0 saturated carbocycles. The molecule has 16 heavy (non-hydrogen) atoms. The van der Waals surface area contributed by atoms with Crippen molar-refractivity contribution in [1.29, 1.82) is 0 Å². The van der Waals surface area contributed by atoms with Crippen molar-refractivity contribution in [3.05, 3.63) is 24.3 Å². The molecule has 1 aromatic heterocycles. The molecule has 1 fully saturated rings. The van der Waals surface area contributed by atoms with Gasteiger partial charge >= 0.3 is 0 Å². The minimum Gasteiger partial charge on any atom is -0.385 e. The number of likely N-dealkylation sites (tertiary alicyclic amines) is 1. The summed E-state index contributed by atoms with van der Waals surface area (Å²) in [5, 5.41) is 3.20. The average Bonchev–Trinajstić information content (AvgIpc) is 2.77. The van der Waals surface area contributed by atoms with Gasteiger partial charge in [0, 0.05) is 24.5 Å². The molecule has 0 spiro atoms. The maximum atomic E-state index is 12.8. The molecular weight excluding hydrogens is 205 g/mol. The van der Waals surface area contributed by atoms with Crippen LogP contribution in [0.4, 0.5) is 10.1 Å². The largest absolute Gasteiger partial charge is 0.385 e. The Kier molecular flexibility index (Phi) is 4.10. The summed E-state index contributed by atoms with van der Waals surface area (Å²) in [6.45, 7) is 4.51. The topological polar surface area (TPSA) is 28.2 Å². The lowest BCUT2D eigenvalue weighted by molar-refractivity contribution is 0.337. The van der Waals surface area contributed by atoms with Gasteiger partial charge in [0.05, 0.1) is 0 Å². The molecule has 3 nitrogen and oxygen atoms in total. The van der Waals surface area contributed by atoms with E-state index in [9.17, 15) is 4.39 Å². The van der Waals surface area contributed by atoms with Crippen LogP contribution >= 0.6 is 0 Å². The number of anilines is 1. The van der Waals surface area contributed by atoms with Crippen molar-refractivity contribution in [1.82, 2.24) is 9.88 Å². The van der Waals surface area contributed by atoms with Crippen molar-refractivity contribution < 1.29 is 4.39 Å². The summed E-state index contributed by atoms with van der Waals surface area (Å²) in [5.41, 5.74) is 0.814. The second-order valence-corrected chi connectivity index (χ2v) is 4.20. The summed E-state index contributed by atoms with van der Waals surface area (Å²) in [6.07, 6.45) is 5.26. The summed E-state index contributed by atoms with van der Waals surface area (Å²) in [6, 6.07) is 3.22. The van der Waals surface area contributed by atoms with Crippen LogP contribution in [-0.2, 0) is 0 Å². The van der Waals surface area contributed by atoms with Crippen LogP contribution in [0.15, 0.2) is 18.3 Å². The van der Waals surface area contributed by atoms with E-state index in [1.54, 1.807) is 6.07 Å². The Bertz CT molecular complexity index is 324. The third kappa shape index (κ3) is 3.45. The van der Waals surface area contributed by atoms with Gasteiger partial charge < -0.3 is 10.2 Å². The molecule has 0 aromatic carbocycles. The van der Waals surface area contributed by atoms with E-state index in [-0.39, 0.29) is 0 Å². The average molecular weight is 223 g/mol. The molecule has 0 radical (unpaired) electrons. The number of hydrogen-bond donors (Lipinski definition) is 1. The Hall–Kier alpha value is -1.16. The van der Waals surface area contributed by atoms with Gasteiger partial charge in [-0.05, 0) is 45.0 Å². The minimum absolute atomic E-state index is 0.426. The molecule has 0 atom stereocenters. The van der Waals surface area contributed by atoms with Gasteiger partial charge in [-0.25, -0.2) is 4.98 Å². The van der Waals surface area contributed by atoms with Gasteiger partial charge in [0.1, 0.15) is 0 Å². The Morgan fingerprint density at radius 3 is 2.94 bits per heavy atom. The summed E-state index contributed by atoms with van der Waals surface area (Å²) >= 11 is 0. The lowest BCUT2D eigenvalue weighted by Gasteiger charge is -2.14. The van der Waals surface area contributed by atoms with Gasteiger partial charge in [0.25, 0.3) is 0 Å². The van der Waals surface area contributed by atoms with Crippen molar-refractivity contribution in [2.45, 2.75) is 19.3 Å². The van der Waals surface area contributed by atoms with Crippen molar-refractivity contribution >= 4 is 5.69 Å². The van der Waals surface area contributed by atoms with E-state index in [1.807, 2.05) is 0 Å². The molecule has 0 bridgehead atoms. The zero-order chi connectivity index (χ0) is 11.2.